The Morgan fingerprint density at radius 1 is 1.45 bits per heavy atom. The minimum atomic E-state index is 0.117. The van der Waals surface area contributed by atoms with E-state index in [4.69, 9.17) is 4.74 Å². The van der Waals surface area contributed by atoms with E-state index in [0.717, 1.165) is 25.9 Å². The predicted molar refractivity (Wildman–Crippen MR) is 46.7 cm³/mol. The second kappa shape index (κ2) is 3.88. The van der Waals surface area contributed by atoms with Crippen LogP contribution in [-0.2, 0) is 4.74 Å². The third kappa shape index (κ3) is 2.04. The highest BCUT2D eigenvalue weighted by molar-refractivity contribution is 5.00. The summed E-state index contributed by atoms with van der Waals surface area (Å²) >= 11 is 0. The van der Waals surface area contributed by atoms with Gasteiger partial charge in [0.2, 0.25) is 0 Å². The van der Waals surface area contributed by atoms with Crippen LogP contribution in [0.15, 0.2) is 12.2 Å². The summed E-state index contributed by atoms with van der Waals surface area (Å²) in [5.74, 6) is 0. The van der Waals surface area contributed by atoms with E-state index in [1.807, 2.05) is 0 Å². The smallest absolute Gasteiger partial charge is 0.0960 e. The van der Waals surface area contributed by atoms with Crippen molar-refractivity contribution in [1.82, 2.24) is 5.32 Å². The molecule has 0 saturated carbocycles. The molecule has 0 bridgehead atoms. The third-order valence-electron chi connectivity index (χ3n) is 2.22. The van der Waals surface area contributed by atoms with Crippen molar-refractivity contribution in [2.24, 2.45) is 0 Å². The van der Waals surface area contributed by atoms with E-state index >= 15 is 0 Å². The standard InChI is InChI=1S/C9H17NO/c1-3-4-5-6-9(11-2)7-10-8-9/h4-5,10H,3,6-8H2,1-2H3/b5-4+. The van der Waals surface area contributed by atoms with Crippen molar-refractivity contribution in [1.29, 1.82) is 0 Å². The second-order valence-electron chi connectivity index (χ2n) is 3.07. The van der Waals surface area contributed by atoms with Gasteiger partial charge in [-0.05, 0) is 12.8 Å². The average Bonchev–Trinajstić information content (AvgIpc) is 1.95. The lowest BCUT2D eigenvalue weighted by Crippen LogP contribution is -2.60. The Kier molecular flexibility index (Phi) is 3.09. The van der Waals surface area contributed by atoms with Crippen molar-refractivity contribution in [3.8, 4) is 0 Å². The molecule has 64 valence electrons. The maximum absolute atomic E-state index is 5.41. The van der Waals surface area contributed by atoms with Gasteiger partial charge in [-0.25, -0.2) is 0 Å². The molecule has 1 heterocycles. The Hall–Kier alpha value is -0.340. The Labute approximate surface area is 68.6 Å². The molecule has 2 heteroatoms. The van der Waals surface area contributed by atoms with E-state index in [9.17, 15) is 0 Å². The first-order valence-corrected chi connectivity index (χ1v) is 4.24. The number of hydrogen-bond donors (Lipinski definition) is 1. The van der Waals surface area contributed by atoms with E-state index in [0.29, 0.717) is 0 Å². The lowest BCUT2D eigenvalue weighted by molar-refractivity contribution is -0.0481. The lowest BCUT2D eigenvalue weighted by Gasteiger charge is -2.40. The molecule has 1 rings (SSSR count). The van der Waals surface area contributed by atoms with Gasteiger partial charge in [-0.15, -0.1) is 0 Å². The SMILES string of the molecule is CC/C=C/CC1(OC)CNC1. The summed E-state index contributed by atoms with van der Waals surface area (Å²) in [6.45, 7) is 4.14. The van der Waals surface area contributed by atoms with E-state index in [-0.39, 0.29) is 5.60 Å². The molecule has 0 aromatic heterocycles. The molecule has 0 aromatic rings. The van der Waals surface area contributed by atoms with Crippen LogP contribution in [0.2, 0.25) is 0 Å². The number of nitrogens with one attached hydrogen (secondary N) is 1. The summed E-state index contributed by atoms with van der Waals surface area (Å²) in [5.41, 5.74) is 0.117. The first-order chi connectivity index (χ1) is 5.33. The van der Waals surface area contributed by atoms with Gasteiger partial charge in [-0.2, -0.15) is 0 Å². The minimum Gasteiger partial charge on any atom is -0.375 e. The number of allylic oxidation sites excluding steroid dienone is 1. The van der Waals surface area contributed by atoms with Gasteiger partial charge in [-0.3, -0.25) is 0 Å². The first-order valence-electron chi connectivity index (χ1n) is 4.24. The fourth-order valence-electron chi connectivity index (χ4n) is 1.24. The molecule has 1 saturated heterocycles. The highest BCUT2D eigenvalue weighted by Crippen LogP contribution is 2.20. The van der Waals surface area contributed by atoms with E-state index in [1.54, 1.807) is 7.11 Å². The van der Waals surface area contributed by atoms with Crippen LogP contribution in [0.1, 0.15) is 19.8 Å². The quantitative estimate of drug-likeness (QED) is 0.618. The third-order valence-corrected chi connectivity index (χ3v) is 2.22. The maximum Gasteiger partial charge on any atom is 0.0960 e. The normalized spacial score (nSPS) is 22.0. The maximum atomic E-state index is 5.41. The van der Waals surface area contributed by atoms with Crippen molar-refractivity contribution in [2.75, 3.05) is 20.2 Å². The van der Waals surface area contributed by atoms with Crippen LogP contribution in [0.5, 0.6) is 0 Å². The molecule has 0 aliphatic carbocycles. The van der Waals surface area contributed by atoms with Gasteiger partial charge in [0.25, 0.3) is 0 Å². The Morgan fingerprint density at radius 3 is 2.55 bits per heavy atom. The van der Waals surface area contributed by atoms with Crippen LogP contribution in [0.3, 0.4) is 0 Å². The van der Waals surface area contributed by atoms with Crippen molar-refractivity contribution in [3.63, 3.8) is 0 Å². The summed E-state index contributed by atoms with van der Waals surface area (Å²) in [6, 6.07) is 0. The van der Waals surface area contributed by atoms with Crippen LogP contribution >= 0.6 is 0 Å². The zero-order valence-corrected chi connectivity index (χ0v) is 7.39. The van der Waals surface area contributed by atoms with Crippen molar-refractivity contribution in [3.05, 3.63) is 12.2 Å². The van der Waals surface area contributed by atoms with Gasteiger partial charge in [-0.1, -0.05) is 19.1 Å². The van der Waals surface area contributed by atoms with Crippen LogP contribution in [0.25, 0.3) is 0 Å². The lowest BCUT2D eigenvalue weighted by atomic mass is 9.92. The van der Waals surface area contributed by atoms with Gasteiger partial charge in [0, 0.05) is 20.2 Å². The van der Waals surface area contributed by atoms with E-state index < -0.39 is 0 Å². The Bertz CT molecular complexity index is 133. The highest BCUT2D eigenvalue weighted by Gasteiger charge is 2.35. The molecule has 2 nitrogen and oxygen atoms in total. The molecule has 1 aliphatic rings. The highest BCUT2D eigenvalue weighted by atomic mass is 16.5. The molecule has 0 amide bonds. The summed E-state index contributed by atoms with van der Waals surface area (Å²) in [4.78, 5) is 0. The van der Waals surface area contributed by atoms with Gasteiger partial charge in [0.1, 0.15) is 0 Å². The summed E-state index contributed by atoms with van der Waals surface area (Å²) in [5, 5.41) is 3.22. The van der Waals surface area contributed by atoms with Crippen LogP contribution in [0, 0.1) is 0 Å². The number of ether oxygens (including phenoxy) is 1. The molecule has 1 aliphatic heterocycles. The Morgan fingerprint density at radius 2 is 2.18 bits per heavy atom. The van der Waals surface area contributed by atoms with Gasteiger partial charge < -0.3 is 10.1 Å². The fourth-order valence-corrected chi connectivity index (χ4v) is 1.24. The fraction of sp³-hybridized carbons (Fsp3) is 0.778. The monoisotopic (exact) mass is 155 g/mol. The van der Waals surface area contributed by atoms with Crippen molar-refractivity contribution >= 4 is 0 Å². The second-order valence-corrected chi connectivity index (χ2v) is 3.07. The molecule has 0 unspecified atom stereocenters. The first kappa shape index (κ1) is 8.75. The van der Waals surface area contributed by atoms with Crippen molar-refractivity contribution < 1.29 is 4.74 Å². The van der Waals surface area contributed by atoms with Crippen LogP contribution in [0.4, 0.5) is 0 Å². The van der Waals surface area contributed by atoms with Crippen LogP contribution in [-0.4, -0.2) is 25.8 Å². The van der Waals surface area contributed by atoms with Crippen LogP contribution < -0.4 is 5.32 Å². The zero-order chi connectivity index (χ0) is 8.16. The molecule has 0 aromatic carbocycles. The topological polar surface area (TPSA) is 21.3 Å². The molecule has 11 heavy (non-hydrogen) atoms. The summed E-state index contributed by atoms with van der Waals surface area (Å²) in [6.07, 6.45) is 6.57. The zero-order valence-electron chi connectivity index (χ0n) is 7.39. The van der Waals surface area contributed by atoms with Gasteiger partial charge in [0.15, 0.2) is 0 Å². The molecule has 0 radical (unpaired) electrons. The molecule has 1 N–H and O–H groups in total. The molecule has 0 atom stereocenters. The molecule has 1 fully saturated rings. The Balaban J connectivity index is 2.27. The molecular weight excluding hydrogens is 138 g/mol. The van der Waals surface area contributed by atoms with Gasteiger partial charge >= 0.3 is 0 Å². The van der Waals surface area contributed by atoms with Crippen molar-refractivity contribution in [2.45, 2.75) is 25.4 Å². The largest absolute Gasteiger partial charge is 0.375 e. The minimum absolute atomic E-state index is 0.117. The number of rotatable bonds is 4. The van der Waals surface area contributed by atoms with E-state index in [2.05, 4.69) is 24.4 Å². The predicted octanol–water partition coefficient (Wildman–Crippen LogP) is 1.33. The van der Waals surface area contributed by atoms with E-state index in [1.165, 1.54) is 0 Å². The van der Waals surface area contributed by atoms with Gasteiger partial charge in [0.05, 0.1) is 5.60 Å². The molecule has 0 spiro atoms. The average molecular weight is 155 g/mol. The summed E-state index contributed by atoms with van der Waals surface area (Å²) in [7, 11) is 1.79. The number of hydrogen-bond acceptors (Lipinski definition) is 2. The number of methoxy groups -OCH3 is 1. The summed E-state index contributed by atoms with van der Waals surface area (Å²) < 4.78 is 5.41. The molecular formula is C9H17NO.